The molecule has 0 aliphatic rings. The molecular weight excluding hydrogens is 385 g/mol. The summed E-state index contributed by atoms with van der Waals surface area (Å²) >= 11 is 1.16. The van der Waals surface area contributed by atoms with Crippen LogP contribution in [-0.2, 0) is 6.42 Å². The van der Waals surface area contributed by atoms with Crippen molar-refractivity contribution in [2.75, 3.05) is 20.1 Å². The summed E-state index contributed by atoms with van der Waals surface area (Å²) in [7, 11) is 2.03. The molecule has 7 heteroatoms. The lowest BCUT2D eigenvalue weighted by atomic mass is 10.1. The average Bonchev–Trinajstić information content (AvgIpc) is 3.12. The molecule has 0 radical (unpaired) electrons. The number of likely N-dealkylation sites (N-methyl/N-ethyl adjacent to an activating group) is 1. The Morgan fingerprint density at radius 2 is 1.93 bits per heavy atom. The van der Waals surface area contributed by atoms with Crippen LogP contribution in [0.5, 0.6) is 10.9 Å². The zero-order valence-corrected chi connectivity index (χ0v) is 17.2. The van der Waals surface area contributed by atoms with Crippen molar-refractivity contribution in [1.82, 2.24) is 14.3 Å². The van der Waals surface area contributed by atoms with Crippen molar-refractivity contribution in [3.63, 3.8) is 0 Å². The molecule has 0 N–H and O–H groups in total. The second kappa shape index (κ2) is 9.78. The molecule has 0 bridgehead atoms. The van der Waals surface area contributed by atoms with Gasteiger partial charge < -0.3 is 9.64 Å². The summed E-state index contributed by atoms with van der Waals surface area (Å²) in [5.74, 6) is 0.844. The fourth-order valence-electron chi connectivity index (χ4n) is 2.54. The monoisotopic (exact) mass is 407 g/mol. The molecule has 0 spiro atoms. The van der Waals surface area contributed by atoms with Crippen molar-refractivity contribution < 1.29 is 9.13 Å². The number of rotatable bonds is 7. The van der Waals surface area contributed by atoms with Crippen LogP contribution >= 0.6 is 23.9 Å². The molecule has 0 aliphatic heterocycles. The van der Waals surface area contributed by atoms with Crippen LogP contribution in [0.2, 0.25) is 0 Å². The molecule has 2 aromatic carbocycles. The number of aromatic nitrogens is 2. The zero-order chi connectivity index (χ0) is 18.5. The summed E-state index contributed by atoms with van der Waals surface area (Å²) in [5, 5.41) is 0.407. The molecule has 27 heavy (non-hydrogen) atoms. The lowest BCUT2D eigenvalue weighted by Crippen LogP contribution is -2.20. The molecule has 3 aromatic rings. The van der Waals surface area contributed by atoms with E-state index in [-0.39, 0.29) is 18.2 Å². The second-order valence-corrected chi connectivity index (χ2v) is 6.92. The molecule has 0 unspecified atom stereocenters. The summed E-state index contributed by atoms with van der Waals surface area (Å²) in [6, 6.07) is 13.0. The number of hydrogen-bond donors (Lipinski definition) is 0. The van der Waals surface area contributed by atoms with Crippen LogP contribution in [0.1, 0.15) is 18.1 Å². The first-order valence-corrected chi connectivity index (χ1v) is 9.38. The van der Waals surface area contributed by atoms with Crippen molar-refractivity contribution in [3.05, 3.63) is 59.4 Å². The third-order valence-corrected chi connectivity index (χ3v) is 4.88. The fourth-order valence-corrected chi connectivity index (χ4v) is 3.11. The molecule has 1 heterocycles. The quantitative estimate of drug-likeness (QED) is 0.528. The average molecular weight is 408 g/mol. The Morgan fingerprint density at radius 3 is 2.63 bits per heavy atom. The minimum absolute atomic E-state index is 0. The summed E-state index contributed by atoms with van der Waals surface area (Å²) < 4.78 is 24.5. The van der Waals surface area contributed by atoms with Crippen LogP contribution < -0.4 is 4.74 Å². The largest absolute Gasteiger partial charge is 0.429 e. The molecule has 0 fully saturated rings. The number of benzene rings is 2. The fraction of sp³-hybridized carbons (Fsp3) is 0.300. The number of ether oxygens (including phenoxy) is 1. The van der Waals surface area contributed by atoms with Gasteiger partial charge in [-0.1, -0.05) is 37.3 Å². The third kappa shape index (κ3) is 5.48. The maximum Gasteiger partial charge on any atom is 0.299 e. The lowest BCUT2D eigenvalue weighted by Gasteiger charge is -2.15. The molecule has 4 nitrogen and oxygen atoms in total. The highest BCUT2D eigenvalue weighted by Gasteiger charge is 2.13. The topological polar surface area (TPSA) is 38.2 Å². The van der Waals surface area contributed by atoms with Crippen molar-refractivity contribution in [3.8, 4) is 22.3 Å². The number of nitrogens with zero attached hydrogens (tertiary/aromatic N) is 3. The van der Waals surface area contributed by atoms with Crippen LogP contribution in [0.3, 0.4) is 0 Å². The Hall–Kier alpha value is -2.02. The molecule has 0 saturated heterocycles. The van der Waals surface area contributed by atoms with E-state index in [1.165, 1.54) is 6.07 Å². The molecule has 3 rings (SSSR count). The van der Waals surface area contributed by atoms with Crippen LogP contribution in [0.25, 0.3) is 11.4 Å². The minimum atomic E-state index is -0.247. The van der Waals surface area contributed by atoms with Gasteiger partial charge in [0.05, 0.1) is 0 Å². The highest BCUT2D eigenvalue weighted by molar-refractivity contribution is 7.07. The van der Waals surface area contributed by atoms with Gasteiger partial charge in [-0.05, 0) is 44.1 Å². The molecule has 1 aromatic heterocycles. The molecule has 0 atom stereocenters. The van der Waals surface area contributed by atoms with Gasteiger partial charge >= 0.3 is 0 Å². The number of aryl methyl sites for hydroxylation is 1. The SMILES string of the molecule is CCN(C)CCc1cc(C)c(Oc2nc(-c3ccccc3)ns2)cc1F.Cl. The van der Waals surface area contributed by atoms with E-state index in [0.29, 0.717) is 28.8 Å². The Bertz CT molecular complexity index is 873. The zero-order valence-electron chi connectivity index (χ0n) is 15.6. The standard InChI is InChI=1S/C20H22FN3OS.ClH/c1-4-24(3)11-10-16-12-14(2)18(13-17(16)21)25-20-22-19(23-26-20)15-8-6-5-7-9-15;/h5-9,12-13H,4,10-11H2,1-3H3;1H. The molecular formula is C20H23ClFN3OS. The Labute approximate surface area is 169 Å². The Kier molecular flexibility index (Phi) is 7.71. The van der Waals surface area contributed by atoms with E-state index < -0.39 is 0 Å². The first-order valence-electron chi connectivity index (χ1n) is 8.61. The normalized spacial score (nSPS) is 10.7. The second-order valence-electron chi connectivity index (χ2n) is 6.21. The van der Waals surface area contributed by atoms with Gasteiger partial charge in [-0.25, -0.2) is 4.39 Å². The van der Waals surface area contributed by atoms with E-state index >= 15 is 0 Å². The summed E-state index contributed by atoms with van der Waals surface area (Å²) in [4.78, 5) is 6.55. The first kappa shape index (κ1) is 21.3. The van der Waals surface area contributed by atoms with Crippen molar-refractivity contribution in [1.29, 1.82) is 0 Å². The van der Waals surface area contributed by atoms with Crippen molar-refractivity contribution >= 4 is 23.9 Å². The van der Waals surface area contributed by atoms with E-state index in [2.05, 4.69) is 21.2 Å². The molecule has 144 valence electrons. The van der Waals surface area contributed by atoms with Gasteiger partial charge in [0, 0.05) is 29.7 Å². The van der Waals surface area contributed by atoms with Crippen LogP contribution in [0.4, 0.5) is 4.39 Å². The van der Waals surface area contributed by atoms with Crippen LogP contribution in [-0.4, -0.2) is 34.4 Å². The van der Waals surface area contributed by atoms with Gasteiger partial charge in [-0.2, -0.15) is 9.36 Å². The highest BCUT2D eigenvalue weighted by Crippen LogP contribution is 2.30. The molecule has 0 aliphatic carbocycles. The number of hydrogen-bond acceptors (Lipinski definition) is 5. The Morgan fingerprint density at radius 1 is 1.19 bits per heavy atom. The van der Waals surface area contributed by atoms with E-state index in [1.807, 2.05) is 50.4 Å². The van der Waals surface area contributed by atoms with E-state index in [4.69, 9.17) is 4.74 Å². The van der Waals surface area contributed by atoms with Crippen LogP contribution in [0, 0.1) is 12.7 Å². The lowest BCUT2D eigenvalue weighted by molar-refractivity contribution is 0.355. The first-order chi connectivity index (χ1) is 12.6. The highest BCUT2D eigenvalue weighted by atomic mass is 35.5. The van der Waals surface area contributed by atoms with Crippen LogP contribution in [0.15, 0.2) is 42.5 Å². The van der Waals surface area contributed by atoms with Gasteiger partial charge in [-0.3, -0.25) is 0 Å². The molecule has 0 saturated carbocycles. The van der Waals surface area contributed by atoms with Gasteiger partial charge in [0.25, 0.3) is 5.19 Å². The smallest absolute Gasteiger partial charge is 0.299 e. The van der Waals surface area contributed by atoms with Crippen molar-refractivity contribution in [2.24, 2.45) is 0 Å². The minimum Gasteiger partial charge on any atom is -0.429 e. The molecule has 0 amide bonds. The predicted molar refractivity (Wildman–Crippen MR) is 111 cm³/mol. The van der Waals surface area contributed by atoms with Gasteiger partial charge in [0.15, 0.2) is 5.82 Å². The summed E-state index contributed by atoms with van der Waals surface area (Å²) in [6.07, 6.45) is 0.675. The van der Waals surface area contributed by atoms with E-state index in [1.54, 1.807) is 0 Å². The predicted octanol–water partition coefficient (Wildman–Crippen LogP) is 5.36. The number of halogens is 2. The van der Waals surface area contributed by atoms with Gasteiger partial charge in [0.1, 0.15) is 11.6 Å². The summed E-state index contributed by atoms with van der Waals surface area (Å²) in [6.45, 7) is 5.78. The van der Waals surface area contributed by atoms with Gasteiger partial charge in [0.2, 0.25) is 0 Å². The maximum atomic E-state index is 14.4. The third-order valence-electron chi connectivity index (χ3n) is 4.28. The Balaban J connectivity index is 0.00000261. The maximum absolute atomic E-state index is 14.4. The van der Waals surface area contributed by atoms with E-state index in [0.717, 1.165) is 35.7 Å². The van der Waals surface area contributed by atoms with E-state index in [9.17, 15) is 4.39 Å². The van der Waals surface area contributed by atoms with Gasteiger partial charge in [-0.15, -0.1) is 12.4 Å². The van der Waals surface area contributed by atoms with Crippen molar-refractivity contribution in [2.45, 2.75) is 20.3 Å². The summed E-state index contributed by atoms with van der Waals surface area (Å²) in [5.41, 5.74) is 2.52.